The van der Waals surface area contributed by atoms with E-state index in [0.717, 1.165) is 24.6 Å². The van der Waals surface area contributed by atoms with Crippen LogP contribution in [0.15, 0.2) is 36.7 Å². The summed E-state index contributed by atoms with van der Waals surface area (Å²) in [4.78, 5) is 8.36. The maximum atomic E-state index is 9.07. The lowest BCUT2D eigenvalue weighted by atomic mass is 10.2. The number of anilines is 3. The molecule has 100 valence electrons. The normalized spacial score (nSPS) is 14.2. The highest BCUT2D eigenvalue weighted by Gasteiger charge is 2.16. The lowest BCUT2D eigenvalue weighted by Gasteiger charge is -2.28. The number of rotatable bonds is 4. The lowest BCUT2D eigenvalue weighted by Crippen LogP contribution is -2.51. The summed E-state index contributed by atoms with van der Waals surface area (Å²) in [5.41, 5.74) is 1.33. The van der Waals surface area contributed by atoms with Crippen molar-refractivity contribution < 1.29 is 0 Å². The van der Waals surface area contributed by atoms with Crippen LogP contribution in [-0.2, 0) is 0 Å². The summed E-state index contributed by atoms with van der Waals surface area (Å²) in [7, 11) is 0. The molecule has 3 rings (SSSR count). The second-order valence-electron chi connectivity index (χ2n) is 4.57. The van der Waals surface area contributed by atoms with Crippen molar-refractivity contribution in [2.75, 3.05) is 23.7 Å². The molecule has 0 bridgehead atoms. The molecule has 0 spiro atoms. The highest BCUT2D eigenvalue weighted by Crippen LogP contribution is 2.20. The van der Waals surface area contributed by atoms with Crippen LogP contribution in [0.4, 0.5) is 17.3 Å². The third-order valence-corrected chi connectivity index (χ3v) is 3.11. The van der Waals surface area contributed by atoms with E-state index in [1.165, 1.54) is 6.33 Å². The quantitative estimate of drug-likeness (QED) is 0.777. The maximum absolute atomic E-state index is 9.07. The molecular formula is C14H14N6. The predicted octanol–water partition coefficient (Wildman–Crippen LogP) is 1.48. The molecule has 0 radical (unpaired) electrons. The largest absolute Gasteiger partial charge is 0.365 e. The monoisotopic (exact) mass is 266 g/mol. The van der Waals surface area contributed by atoms with Gasteiger partial charge in [-0.25, -0.2) is 9.97 Å². The molecule has 1 saturated heterocycles. The number of benzene rings is 1. The van der Waals surface area contributed by atoms with E-state index in [-0.39, 0.29) is 0 Å². The first-order chi connectivity index (χ1) is 9.85. The molecule has 0 saturated carbocycles. The van der Waals surface area contributed by atoms with E-state index in [9.17, 15) is 0 Å². The Morgan fingerprint density at radius 3 is 2.75 bits per heavy atom. The molecular weight excluding hydrogens is 252 g/mol. The molecule has 6 heteroatoms. The molecule has 2 aromatic rings. The van der Waals surface area contributed by atoms with E-state index in [2.05, 4.69) is 32.0 Å². The second-order valence-corrected chi connectivity index (χ2v) is 4.57. The zero-order chi connectivity index (χ0) is 13.8. The smallest absolute Gasteiger partial charge is 0.135 e. The van der Waals surface area contributed by atoms with Gasteiger partial charge in [0, 0.05) is 19.2 Å². The lowest BCUT2D eigenvalue weighted by molar-refractivity contribution is 0.471. The maximum Gasteiger partial charge on any atom is 0.135 e. The van der Waals surface area contributed by atoms with Crippen LogP contribution in [0.2, 0.25) is 0 Å². The molecule has 0 aliphatic carbocycles. The molecule has 2 heterocycles. The van der Waals surface area contributed by atoms with E-state index in [4.69, 9.17) is 5.26 Å². The summed E-state index contributed by atoms with van der Waals surface area (Å²) in [5, 5.41) is 18.7. The van der Waals surface area contributed by atoms with Gasteiger partial charge in [0.2, 0.25) is 0 Å². The summed E-state index contributed by atoms with van der Waals surface area (Å²) >= 11 is 0. The van der Waals surface area contributed by atoms with Crippen LogP contribution < -0.4 is 16.0 Å². The van der Waals surface area contributed by atoms with Crippen LogP contribution in [0.5, 0.6) is 0 Å². The van der Waals surface area contributed by atoms with Crippen molar-refractivity contribution in [2.24, 2.45) is 0 Å². The second kappa shape index (κ2) is 5.55. The molecule has 0 atom stereocenters. The molecule has 1 aromatic heterocycles. The van der Waals surface area contributed by atoms with Gasteiger partial charge in [-0.1, -0.05) is 12.1 Å². The number of aromatic nitrogens is 2. The summed E-state index contributed by atoms with van der Waals surface area (Å²) in [6.07, 6.45) is 1.51. The third kappa shape index (κ3) is 2.68. The number of hydrogen-bond acceptors (Lipinski definition) is 6. The zero-order valence-electron chi connectivity index (χ0n) is 10.8. The van der Waals surface area contributed by atoms with Crippen molar-refractivity contribution >= 4 is 17.3 Å². The van der Waals surface area contributed by atoms with Crippen molar-refractivity contribution in [1.29, 1.82) is 5.26 Å². The minimum absolute atomic E-state index is 0.421. The van der Waals surface area contributed by atoms with Crippen LogP contribution >= 0.6 is 0 Å². The fraction of sp³-hybridized carbons (Fsp3) is 0.214. The minimum Gasteiger partial charge on any atom is -0.365 e. The first kappa shape index (κ1) is 12.4. The summed E-state index contributed by atoms with van der Waals surface area (Å²) in [5.74, 6) is 1.45. The van der Waals surface area contributed by atoms with Crippen LogP contribution in [0.25, 0.3) is 0 Å². The van der Waals surface area contributed by atoms with Crippen molar-refractivity contribution in [3.05, 3.63) is 42.2 Å². The summed E-state index contributed by atoms with van der Waals surface area (Å²) in [6.45, 7) is 1.90. The first-order valence-electron chi connectivity index (χ1n) is 6.40. The van der Waals surface area contributed by atoms with Crippen molar-refractivity contribution in [3.63, 3.8) is 0 Å². The minimum atomic E-state index is 0.421. The summed E-state index contributed by atoms with van der Waals surface area (Å²) < 4.78 is 0. The number of nitriles is 1. The Bertz CT molecular complexity index is 644. The van der Waals surface area contributed by atoms with Gasteiger partial charge < -0.3 is 16.0 Å². The molecule has 6 nitrogen and oxygen atoms in total. The van der Waals surface area contributed by atoms with Gasteiger partial charge in [0.05, 0.1) is 17.3 Å². The van der Waals surface area contributed by atoms with Gasteiger partial charge in [-0.05, 0) is 12.1 Å². The topological polar surface area (TPSA) is 85.7 Å². The Hall–Kier alpha value is -2.65. The Morgan fingerprint density at radius 1 is 1.20 bits per heavy atom. The Kier molecular flexibility index (Phi) is 3.44. The molecule has 1 aromatic carbocycles. The van der Waals surface area contributed by atoms with Crippen LogP contribution in [0.3, 0.4) is 0 Å². The van der Waals surface area contributed by atoms with Crippen molar-refractivity contribution in [2.45, 2.75) is 6.04 Å². The highest BCUT2D eigenvalue weighted by molar-refractivity contribution is 5.65. The predicted molar refractivity (Wildman–Crippen MR) is 76.8 cm³/mol. The van der Waals surface area contributed by atoms with Gasteiger partial charge >= 0.3 is 0 Å². The highest BCUT2D eigenvalue weighted by atomic mass is 15.1. The molecule has 20 heavy (non-hydrogen) atoms. The zero-order valence-corrected chi connectivity index (χ0v) is 10.8. The van der Waals surface area contributed by atoms with E-state index in [1.54, 1.807) is 6.07 Å². The average Bonchev–Trinajstić information content (AvgIpc) is 2.44. The Labute approximate surface area is 116 Å². The van der Waals surface area contributed by atoms with E-state index in [1.807, 2.05) is 24.3 Å². The van der Waals surface area contributed by atoms with E-state index < -0.39 is 0 Å². The van der Waals surface area contributed by atoms with Crippen LogP contribution in [0.1, 0.15) is 5.56 Å². The van der Waals surface area contributed by atoms with Gasteiger partial charge in [-0.2, -0.15) is 5.26 Å². The van der Waals surface area contributed by atoms with Gasteiger partial charge in [0.25, 0.3) is 0 Å². The molecule has 1 fully saturated rings. The molecule has 0 unspecified atom stereocenters. The van der Waals surface area contributed by atoms with Gasteiger partial charge in [0.15, 0.2) is 0 Å². The molecule has 3 N–H and O–H groups in total. The van der Waals surface area contributed by atoms with E-state index in [0.29, 0.717) is 17.4 Å². The van der Waals surface area contributed by atoms with Crippen molar-refractivity contribution in [3.8, 4) is 6.07 Å². The molecule has 0 amide bonds. The fourth-order valence-corrected chi connectivity index (χ4v) is 1.93. The Morgan fingerprint density at radius 2 is 2.00 bits per heavy atom. The molecule has 1 aliphatic heterocycles. The number of nitrogens with zero attached hydrogens (tertiary/aromatic N) is 3. The van der Waals surface area contributed by atoms with Gasteiger partial charge in [0.1, 0.15) is 24.0 Å². The number of hydrogen-bond donors (Lipinski definition) is 3. The first-order valence-corrected chi connectivity index (χ1v) is 6.40. The molecule has 1 aliphatic rings. The third-order valence-electron chi connectivity index (χ3n) is 3.11. The number of para-hydroxylation sites is 1. The van der Waals surface area contributed by atoms with Gasteiger partial charge in [-0.3, -0.25) is 0 Å². The van der Waals surface area contributed by atoms with E-state index >= 15 is 0 Å². The summed E-state index contributed by atoms with van der Waals surface area (Å²) in [6, 6.07) is 11.7. The van der Waals surface area contributed by atoms with Crippen LogP contribution in [0, 0.1) is 11.3 Å². The fourth-order valence-electron chi connectivity index (χ4n) is 1.93. The Balaban J connectivity index is 1.76. The average molecular weight is 266 g/mol. The van der Waals surface area contributed by atoms with Crippen LogP contribution in [-0.4, -0.2) is 29.1 Å². The van der Waals surface area contributed by atoms with Gasteiger partial charge in [-0.15, -0.1) is 0 Å². The standard InChI is InChI=1S/C14H14N6/c15-6-10-3-1-2-4-12(10)20-14-5-13(17-9-18-14)19-11-7-16-8-11/h1-5,9,11,16H,7-8H2,(H2,17,18,19,20). The SMILES string of the molecule is N#Cc1ccccc1Nc1cc(NC2CNC2)ncn1. The van der Waals surface area contributed by atoms with Crippen molar-refractivity contribution in [1.82, 2.24) is 15.3 Å². The number of nitrogens with one attached hydrogen (secondary N) is 3.